The van der Waals surface area contributed by atoms with E-state index in [1.807, 2.05) is 11.8 Å². The Morgan fingerprint density at radius 3 is 1.68 bits per heavy atom. The number of ether oxygens (including phenoxy) is 4. The Balaban J connectivity index is 0. The number of esters is 4. The molecule has 0 rings (SSSR count). The third kappa shape index (κ3) is 13.1. The van der Waals surface area contributed by atoms with Gasteiger partial charge >= 0.3 is 23.9 Å². The Kier molecular flexibility index (Phi) is 14.1. The van der Waals surface area contributed by atoms with Gasteiger partial charge in [0, 0.05) is 18.9 Å². The van der Waals surface area contributed by atoms with Crippen molar-refractivity contribution < 1.29 is 38.1 Å². The number of carbonyl (C=O) groups excluding carboxylic acids is 4. The average Bonchev–Trinajstić information content (AvgIpc) is 2.57. The summed E-state index contributed by atoms with van der Waals surface area (Å²) in [7, 11) is 3.80. The lowest BCUT2D eigenvalue weighted by atomic mass is 10.4. The summed E-state index contributed by atoms with van der Waals surface area (Å²) in [5.41, 5.74) is -0.0747. The van der Waals surface area contributed by atoms with Gasteiger partial charge in [0.25, 0.3) is 0 Å². The van der Waals surface area contributed by atoms with Crippen LogP contribution < -0.4 is 5.84 Å². The molecule has 0 aliphatic rings. The molecule has 0 amide bonds. The molecular formula is C15H22N2O8. The predicted octanol–water partition coefficient (Wildman–Crippen LogP) is -0.862. The molecule has 0 bridgehead atoms. The first-order valence-corrected chi connectivity index (χ1v) is 6.95. The van der Waals surface area contributed by atoms with Crippen molar-refractivity contribution in [2.75, 3.05) is 34.5 Å². The fraction of sp³-hybridized carbons (Fsp3) is 0.467. The molecule has 0 fully saturated rings. The summed E-state index contributed by atoms with van der Waals surface area (Å²) in [6, 6.07) is 0. The number of nitrogens with zero attached hydrogens (tertiary/aromatic N) is 1. The molecule has 0 aromatic heterocycles. The number of carbonyl (C=O) groups is 4. The maximum absolute atomic E-state index is 11.0. The summed E-state index contributed by atoms with van der Waals surface area (Å²) in [5, 5.41) is 0.975. The molecule has 140 valence electrons. The molecule has 0 aliphatic heterocycles. The molecular weight excluding hydrogens is 336 g/mol. The number of rotatable bonds is 5. The number of hydrogen-bond acceptors (Lipinski definition) is 10. The number of likely N-dealkylation sites (N-methyl/N-ethyl adjacent to an activating group) is 1. The Hall–Kier alpha value is -3.06. The zero-order valence-corrected chi connectivity index (χ0v) is 14.8. The lowest BCUT2D eigenvalue weighted by Gasteiger charge is -2.13. The lowest BCUT2D eigenvalue weighted by Crippen LogP contribution is -2.31. The van der Waals surface area contributed by atoms with Gasteiger partial charge in [0.1, 0.15) is 5.70 Å². The van der Waals surface area contributed by atoms with Gasteiger partial charge in [-0.3, -0.25) is 0 Å². The van der Waals surface area contributed by atoms with E-state index in [1.54, 1.807) is 13.8 Å². The summed E-state index contributed by atoms with van der Waals surface area (Å²) < 4.78 is 17.6. The van der Waals surface area contributed by atoms with Crippen LogP contribution in [0.5, 0.6) is 0 Å². The Labute approximate surface area is 145 Å². The minimum absolute atomic E-state index is 0.0747. The second-order valence-electron chi connectivity index (χ2n) is 3.85. The van der Waals surface area contributed by atoms with E-state index in [1.165, 1.54) is 21.3 Å². The molecule has 0 saturated carbocycles. The number of nitrogens with two attached hydrogens (primary N) is 1. The van der Waals surface area contributed by atoms with Gasteiger partial charge in [-0.15, -0.1) is 0 Å². The SMILES string of the molecule is CCOC(=O)C#CC(=O)OCC.COC(=O)/C=C(\C(=O)OC)N(C)N. The van der Waals surface area contributed by atoms with Crippen LogP contribution in [-0.4, -0.2) is 63.4 Å². The zero-order valence-electron chi connectivity index (χ0n) is 14.8. The third-order valence-corrected chi connectivity index (χ3v) is 2.05. The van der Waals surface area contributed by atoms with Crippen LogP contribution in [0.3, 0.4) is 0 Å². The highest BCUT2D eigenvalue weighted by atomic mass is 16.5. The first kappa shape index (κ1) is 24.2. The van der Waals surface area contributed by atoms with E-state index >= 15 is 0 Å². The van der Waals surface area contributed by atoms with Gasteiger partial charge in [-0.25, -0.2) is 25.0 Å². The zero-order chi connectivity index (χ0) is 19.8. The molecule has 10 heteroatoms. The summed E-state index contributed by atoms with van der Waals surface area (Å²) >= 11 is 0. The maximum atomic E-state index is 11.0. The van der Waals surface area contributed by atoms with Gasteiger partial charge in [0.05, 0.1) is 33.5 Å². The first-order chi connectivity index (χ1) is 11.7. The molecule has 0 aromatic carbocycles. The van der Waals surface area contributed by atoms with Crippen LogP contribution >= 0.6 is 0 Å². The van der Waals surface area contributed by atoms with E-state index in [2.05, 4.69) is 18.9 Å². The summed E-state index contributed by atoms with van der Waals surface area (Å²) in [6.07, 6.45) is 0.950. The van der Waals surface area contributed by atoms with Crippen molar-refractivity contribution in [3.63, 3.8) is 0 Å². The molecule has 0 aliphatic carbocycles. The monoisotopic (exact) mass is 358 g/mol. The fourth-order valence-corrected chi connectivity index (χ4v) is 1.02. The number of methoxy groups -OCH3 is 2. The first-order valence-electron chi connectivity index (χ1n) is 6.95. The molecule has 0 radical (unpaired) electrons. The van der Waals surface area contributed by atoms with E-state index in [9.17, 15) is 19.2 Å². The van der Waals surface area contributed by atoms with E-state index < -0.39 is 23.9 Å². The van der Waals surface area contributed by atoms with Crippen molar-refractivity contribution in [2.24, 2.45) is 5.84 Å². The lowest BCUT2D eigenvalue weighted by molar-refractivity contribution is -0.140. The minimum Gasteiger partial charge on any atom is -0.466 e. The van der Waals surface area contributed by atoms with E-state index in [4.69, 9.17) is 5.84 Å². The smallest absolute Gasteiger partial charge is 0.384 e. The van der Waals surface area contributed by atoms with Gasteiger partial charge in [-0.1, -0.05) is 0 Å². The molecule has 0 aromatic rings. The fourth-order valence-electron chi connectivity index (χ4n) is 1.02. The molecule has 25 heavy (non-hydrogen) atoms. The Bertz CT molecular complexity index is 536. The van der Waals surface area contributed by atoms with Crippen LogP contribution in [0.4, 0.5) is 0 Å². The maximum Gasteiger partial charge on any atom is 0.384 e. The Morgan fingerprint density at radius 1 is 0.960 bits per heavy atom. The molecule has 0 atom stereocenters. The summed E-state index contributed by atoms with van der Waals surface area (Å²) in [5.74, 6) is 6.44. The number of hydrogen-bond donors (Lipinski definition) is 1. The van der Waals surface area contributed by atoms with Crippen molar-refractivity contribution in [2.45, 2.75) is 13.8 Å². The van der Waals surface area contributed by atoms with Crippen LogP contribution in [0.15, 0.2) is 11.8 Å². The molecule has 0 unspecified atom stereocenters. The highest BCUT2D eigenvalue weighted by molar-refractivity contribution is 5.98. The van der Waals surface area contributed by atoms with Gasteiger partial charge in [-0.05, 0) is 13.8 Å². The standard InChI is InChI=1S/C8H10O4.C7H12N2O4/c1-3-11-7(9)5-6-8(10)12-4-2;1-9(8)5(7(11)13-3)4-6(10)12-2/h3-4H2,1-2H3;4H,8H2,1-3H3/b;5-4+. The second kappa shape index (κ2) is 14.5. The van der Waals surface area contributed by atoms with Crippen molar-refractivity contribution >= 4 is 23.9 Å². The van der Waals surface area contributed by atoms with Crippen molar-refractivity contribution in [3.8, 4) is 11.8 Å². The molecule has 0 spiro atoms. The molecule has 2 N–H and O–H groups in total. The van der Waals surface area contributed by atoms with E-state index in [-0.39, 0.29) is 18.9 Å². The third-order valence-electron chi connectivity index (χ3n) is 2.05. The normalized spacial score (nSPS) is 9.28. The van der Waals surface area contributed by atoms with Crippen molar-refractivity contribution in [1.29, 1.82) is 0 Å². The minimum atomic E-state index is -0.717. The average molecular weight is 358 g/mol. The highest BCUT2D eigenvalue weighted by Gasteiger charge is 2.14. The van der Waals surface area contributed by atoms with Crippen molar-refractivity contribution in [3.05, 3.63) is 11.8 Å². The van der Waals surface area contributed by atoms with Crippen LogP contribution in [0.2, 0.25) is 0 Å². The molecule has 10 nitrogen and oxygen atoms in total. The van der Waals surface area contributed by atoms with Gasteiger partial charge < -0.3 is 24.0 Å². The van der Waals surface area contributed by atoms with E-state index in [0.717, 1.165) is 11.1 Å². The van der Waals surface area contributed by atoms with E-state index in [0.29, 0.717) is 0 Å². The Morgan fingerprint density at radius 2 is 1.40 bits per heavy atom. The number of hydrazine groups is 1. The van der Waals surface area contributed by atoms with Gasteiger partial charge in [-0.2, -0.15) is 0 Å². The van der Waals surface area contributed by atoms with Crippen molar-refractivity contribution in [1.82, 2.24) is 5.01 Å². The van der Waals surface area contributed by atoms with Crippen LogP contribution in [0.1, 0.15) is 13.8 Å². The van der Waals surface area contributed by atoms with Crippen LogP contribution in [-0.2, 0) is 38.1 Å². The largest absolute Gasteiger partial charge is 0.466 e. The van der Waals surface area contributed by atoms with Gasteiger partial charge in [0.2, 0.25) is 0 Å². The van der Waals surface area contributed by atoms with Gasteiger partial charge in [0.15, 0.2) is 0 Å². The quantitative estimate of drug-likeness (QED) is 0.126. The molecule has 0 heterocycles. The predicted molar refractivity (Wildman–Crippen MR) is 85.1 cm³/mol. The van der Waals surface area contributed by atoms with Crippen LogP contribution in [0.25, 0.3) is 0 Å². The summed E-state index contributed by atoms with van der Waals surface area (Å²) in [4.78, 5) is 42.8. The van der Waals surface area contributed by atoms with Crippen LogP contribution in [0, 0.1) is 11.8 Å². The highest BCUT2D eigenvalue weighted by Crippen LogP contribution is 1.99. The topological polar surface area (TPSA) is 134 Å². The second-order valence-corrected chi connectivity index (χ2v) is 3.85. The summed E-state index contributed by atoms with van der Waals surface area (Å²) in [6.45, 7) is 3.81. The molecule has 0 saturated heterocycles.